The predicted molar refractivity (Wildman–Crippen MR) is 60.7 cm³/mol. The molecule has 0 heterocycles. The van der Waals surface area contributed by atoms with Gasteiger partial charge in [-0.25, -0.2) is 4.39 Å². The van der Waals surface area contributed by atoms with Crippen LogP contribution in [0.4, 0.5) is 4.39 Å². The molecule has 1 rings (SSSR count). The van der Waals surface area contributed by atoms with Crippen molar-refractivity contribution in [3.8, 4) is 0 Å². The summed E-state index contributed by atoms with van der Waals surface area (Å²) in [5.74, 6) is 5.31. The molecule has 0 aromatic heterocycles. The van der Waals surface area contributed by atoms with Crippen LogP contribution in [0.15, 0.2) is 24.3 Å². The Balaban J connectivity index is 2.71. The number of hydrazine groups is 1. The van der Waals surface area contributed by atoms with Crippen LogP contribution in [0.2, 0.25) is 0 Å². The summed E-state index contributed by atoms with van der Waals surface area (Å²) in [7, 11) is 0. The minimum atomic E-state index is -0.202. The molecule has 0 saturated heterocycles. The summed E-state index contributed by atoms with van der Waals surface area (Å²) in [5.41, 5.74) is 3.99. The molecule has 0 bridgehead atoms. The number of nitrogens with one attached hydrogen (secondary N) is 1. The van der Waals surface area contributed by atoms with Crippen LogP contribution < -0.4 is 11.3 Å². The molecule has 0 amide bonds. The van der Waals surface area contributed by atoms with E-state index in [1.54, 1.807) is 12.1 Å². The zero-order valence-electron chi connectivity index (χ0n) is 9.55. The molecule has 0 saturated carbocycles. The Kier molecular flexibility index (Phi) is 3.83. The van der Waals surface area contributed by atoms with Gasteiger partial charge in [-0.1, -0.05) is 32.9 Å². The van der Waals surface area contributed by atoms with Crippen LogP contribution in [-0.2, 0) is 6.42 Å². The Bertz CT molecular complexity index is 300. The van der Waals surface area contributed by atoms with Gasteiger partial charge < -0.3 is 0 Å². The second-order valence-electron chi connectivity index (χ2n) is 4.92. The van der Waals surface area contributed by atoms with E-state index in [0.29, 0.717) is 0 Å². The highest BCUT2D eigenvalue weighted by Gasteiger charge is 2.23. The van der Waals surface area contributed by atoms with Crippen LogP contribution in [0.5, 0.6) is 0 Å². The highest BCUT2D eigenvalue weighted by molar-refractivity contribution is 5.17. The van der Waals surface area contributed by atoms with Crippen molar-refractivity contribution in [2.75, 3.05) is 0 Å². The van der Waals surface area contributed by atoms with Crippen LogP contribution >= 0.6 is 0 Å². The van der Waals surface area contributed by atoms with Crippen LogP contribution in [0.25, 0.3) is 0 Å². The summed E-state index contributed by atoms with van der Waals surface area (Å²) >= 11 is 0. The molecule has 3 N–H and O–H groups in total. The van der Waals surface area contributed by atoms with Gasteiger partial charge in [0.25, 0.3) is 0 Å². The van der Waals surface area contributed by atoms with Crippen molar-refractivity contribution in [1.82, 2.24) is 5.43 Å². The first kappa shape index (κ1) is 12.1. The summed E-state index contributed by atoms with van der Waals surface area (Å²) in [6.07, 6.45) is 0.806. The maximum atomic E-state index is 12.7. The topological polar surface area (TPSA) is 38.0 Å². The average molecular weight is 210 g/mol. The number of hydrogen-bond acceptors (Lipinski definition) is 2. The van der Waals surface area contributed by atoms with Crippen LogP contribution in [-0.4, -0.2) is 6.04 Å². The molecule has 1 unspecified atom stereocenters. The van der Waals surface area contributed by atoms with E-state index in [0.717, 1.165) is 12.0 Å². The summed E-state index contributed by atoms with van der Waals surface area (Å²) in [4.78, 5) is 0. The Morgan fingerprint density at radius 2 is 1.80 bits per heavy atom. The van der Waals surface area contributed by atoms with Crippen molar-refractivity contribution >= 4 is 0 Å². The number of hydrogen-bond donors (Lipinski definition) is 2. The van der Waals surface area contributed by atoms with E-state index < -0.39 is 0 Å². The third-order valence-corrected chi connectivity index (χ3v) is 2.60. The Morgan fingerprint density at radius 1 is 1.27 bits per heavy atom. The van der Waals surface area contributed by atoms with Gasteiger partial charge >= 0.3 is 0 Å². The minimum absolute atomic E-state index is 0.0864. The smallest absolute Gasteiger partial charge is 0.123 e. The van der Waals surface area contributed by atoms with Gasteiger partial charge in [0, 0.05) is 6.04 Å². The number of halogens is 1. The first-order valence-electron chi connectivity index (χ1n) is 5.14. The second-order valence-corrected chi connectivity index (χ2v) is 4.92. The molecule has 3 heteroatoms. The lowest BCUT2D eigenvalue weighted by Gasteiger charge is -2.30. The van der Waals surface area contributed by atoms with Crippen LogP contribution in [0.3, 0.4) is 0 Å². The van der Waals surface area contributed by atoms with Crippen LogP contribution in [0.1, 0.15) is 26.3 Å². The molecule has 1 atom stereocenters. The molecule has 0 spiro atoms. The molecule has 0 radical (unpaired) electrons. The number of benzene rings is 1. The van der Waals surface area contributed by atoms with Gasteiger partial charge in [0.05, 0.1) is 0 Å². The molecule has 0 aliphatic rings. The first-order valence-corrected chi connectivity index (χ1v) is 5.14. The van der Waals surface area contributed by atoms with Gasteiger partial charge in [-0.15, -0.1) is 0 Å². The van der Waals surface area contributed by atoms with Crippen LogP contribution in [0, 0.1) is 11.2 Å². The molecule has 1 aromatic carbocycles. The predicted octanol–water partition coefficient (Wildman–Crippen LogP) is 2.25. The molecular weight excluding hydrogens is 191 g/mol. The van der Waals surface area contributed by atoms with E-state index in [2.05, 4.69) is 26.2 Å². The first-order chi connectivity index (χ1) is 6.93. The summed E-state index contributed by atoms with van der Waals surface area (Å²) in [6.45, 7) is 6.38. The van der Waals surface area contributed by atoms with Crippen molar-refractivity contribution in [2.24, 2.45) is 11.3 Å². The Labute approximate surface area is 90.6 Å². The zero-order chi connectivity index (χ0) is 11.5. The van der Waals surface area contributed by atoms with Crippen molar-refractivity contribution in [2.45, 2.75) is 33.2 Å². The molecule has 1 aromatic rings. The van der Waals surface area contributed by atoms with E-state index in [1.165, 1.54) is 12.1 Å². The van der Waals surface area contributed by atoms with Gasteiger partial charge in [-0.2, -0.15) is 0 Å². The highest BCUT2D eigenvalue weighted by Crippen LogP contribution is 2.22. The van der Waals surface area contributed by atoms with Gasteiger partial charge in [-0.05, 0) is 29.5 Å². The molecular formula is C12H19FN2. The molecule has 2 nitrogen and oxygen atoms in total. The number of rotatable bonds is 3. The maximum absolute atomic E-state index is 12.7. The summed E-state index contributed by atoms with van der Waals surface area (Å²) in [6, 6.07) is 6.73. The van der Waals surface area contributed by atoms with E-state index in [-0.39, 0.29) is 17.3 Å². The second kappa shape index (κ2) is 4.73. The van der Waals surface area contributed by atoms with E-state index in [4.69, 9.17) is 5.84 Å². The van der Waals surface area contributed by atoms with Gasteiger partial charge in [0.1, 0.15) is 5.82 Å². The van der Waals surface area contributed by atoms with Gasteiger partial charge in [0.15, 0.2) is 0 Å². The average Bonchev–Trinajstić information content (AvgIpc) is 2.15. The zero-order valence-corrected chi connectivity index (χ0v) is 9.55. The third-order valence-electron chi connectivity index (χ3n) is 2.60. The molecule has 0 aliphatic heterocycles. The molecule has 84 valence electrons. The largest absolute Gasteiger partial charge is 0.271 e. The fourth-order valence-electron chi connectivity index (χ4n) is 1.47. The van der Waals surface area contributed by atoms with Crippen molar-refractivity contribution in [3.05, 3.63) is 35.6 Å². The quantitative estimate of drug-likeness (QED) is 0.593. The Hall–Kier alpha value is -0.930. The number of nitrogens with two attached hydrogens (primary N) is 1. The normalized spacial score (nSPS) is 13.9. The lowest BCUT2D eigenvalue weighted by molar-refractivity contribution is 0.269. The maximum Gasteiger partial charge on any atom is 0.123 e. The summed E-state index contributed by atoms with van der Waals surface area (Å²) < 4.78 is 12.7. The SMILES string of the molecule is CC(C)(C)C(Cc1ccc(F)cc1)NN. The molecule has 0 fully saturated rings. The summed E-state index contributed by atoms with van der Waals surface area (Å²) in [5, 5.41) is 0. The lowest BCUT2D eigenvalue weighted by Crippen LogP contribution is -2.45. The van der Waals surface area contributed by atoms with Gasteiger partial charge in [-0.3, -0.25) is 11.3 Å². The lowest BCUT2D eigenvalue weighted by atomic mass is 9.83. The van der Waals surface area contributed by atoms with E-state index in [1.807, 2.05) is 0 Å². The van der Waals surface area contributed by atoms with Crippen molar-refractivity contribution < 1.29 is 4.39 Å². The highest BCUT2D eigenvalue weighted by atomic mass is 19.1. The Morgan fingerprint density at radius 3 is 2.20 bits per heavy atom. The fourth-order valence-corrected chi connectivity index (χ4v) is 1.47. The third kappa shape index (κ3) is 3.61. The minimum Gasteiger partial charge on any atom is -0.271 e. The molecule has 0 aliphatic carbocycles. The standard InChI is InChI=1S/C12H19FN2/c1-12(2,3)11(15-14)8-9-4-6-10(13)7-5-9/h4-7,11,15H,8,14H2,1-3H3. The molecule has 15 heavy (non-hydrogen) atoms. The monoisotopic (exact) mass is 210 g/mol. The van der Waals surface area contributed by atoms with Crippen molar-refractivity contribution in [1.29, 1.82) is 0 Å². The van der Waals surface area contributed by atoms with Crippen molar-refractivity contribution in [3.63, 3.8) is 0 Å². The van der Waals surface area contributed by atoms with E-state index >= 15 is 0 Å². The fraction of sp³-hybridized carbons (Fsp3) is 0.500. The van der Waals surface area contributed by atoms with E-state index in [9.17, 15) is 4.39 Å². The van der Waals surface area contributed by atoms with Gasteiger partial charge in [0.2, 0.25) is 0 Å².